The van der Waals surface area contributed by atoms with Gasteiger partial charge in [0.15, 0.2) is 0 Å². The highest BCUT2D eigenvalue weighted by Crippen LogP contribution is 2.22. The quantitative estimate of drug-likeness (QED) is 0.305. The van der Waals surface area contributed by atoms with Gasteiger partial charge in [-0.25, -0.2) is 0 Å². The van der Waals surface area contributed by atoms with E-state index in [0.29, 0.717) is 5.69 Å². The van der Waals surface area contributed by atoms with Crippen LogP contribution in [0.5, 0.6) is 0 Å². The Labute approximate surface area is 89.8 Å². The molecule has 0 aromatic heterocycles. The van der Waals surface area contributed by atoms with Gasteiger partial charge >= 0.3 is 0 Å². The second-order valence-electron chi connectivity index (χ2n) is 3.28. The lowest BCUT2D eigenvalue weighted by Crippen LogP contribution is -1.87. The molecule has 0 bridgehead atoms. The molecule has 0 aliphatic heterocycles. The zero-order valence-electron chi connectivity index (χ0n) is 8.77. The summed E-state index contributed by atoms with van der Waals surface area (Å²) < 4.78 is 0. The van der Waals surface area contributed by atoms with Crippen molar-refractivity contribution >= 4 is 5.69 Å². The summed E-state index contributed by atoms with van der Waals surface area (Å²) >= 11 is 0. The maximum Gasteiger partial charge on any atom is 0.0408 e. The van der Waals surface area contributed by atoms with Crippen LogP contribution in [0.4, 0.5) is 5.69 Å². The van der Waals surface area contributed by atoms with Gasteiger partial charge in [-0.1, -0.05) is 30.4 Å². The lowest BCUT2D eigenvalue weighted by Gasteiger charge is -2.04. The van der Waals surface area contributed by atoms with Gasteiger partial charge in [-0.05, 0) is 36.1 Å². The molecule has 0 saturated heterocycles. The number of unbranched alkanes of at least 4 members (excludes halogenated alkanes) is 1. The van der Waals surface area contributed by atoms with Crippen molar-refractivity contribution < 1.29 is 0 Å². The first kappa shape index (κ1) is 11.2. The van der Waals surface area contributed by atoms with Gasteiger partial charge < -0.3 is 0 Å². The Morgan fingerprint density at radius 2 is 2.33 bits per heavy atom. The van der Waals surface area contributed by atoms with Crippen molar-refractivity contribution in [3.63, 3.8) is 0 Å². The molecule has 0 unspecified atom stereocenters. The molecule has 0 aliphatic rings. The Morgan fingerprint density at radius 1 is 1.53 bits per heavy atom. The molecule has 0 spiro atoms. The van der Waals surface area contributed by atoms with Gasteiger partial charge in [0, 0.05) is 16.2 Å². The minimum atomic E-state index is 0.685. The number of aryl methyl sites for hydroxylation is 1. The van der Waals surface area contributed by atoms with Gasteiger partial charge in [0.25, 0.3) is 0 Å². The molecule has 76 valence electrons. The molecule has 1 aromatic rings. The van der Waals surface area contributed by atoms with Gasteiger partial charge in [0.05, 0.1) is 0 Å². The predicted molar refractivity (Wildman–Crippen MR) is 61.8 cm³/mol. The lowest BCUT2D eigenvalue weighted by molar-refractivity contribution is 0.795. The molecule has 0 fully saturated rings. The number of hydrogen-bond donors (Lipinski definition) is 0. The van der Waals surface area contributed by atoms with E-state index in [-0.39, 0.29) is 0 Å². The van der Waals surface area contributed by atoms with Crippen LogP contribution in [0.3, 0.4) is 0 Å². The van der Waals surface area contributed by atoms with E-state index in [1.807, 2.05) is 6.07 Å². The highest BCUT2D eigenvalue weighted by molar-refractivity contribution is 5.51. The average Bonchev–Trinajstić information content (AvgIpc) is 2.28. The highest BCUT2D eigenvalue weighted by atomic mass is 15.1. The summed E-state index contributed by atoms with van der Waals surface area (Å²) in [6.45, 7) is 2.12. The van der Waals surface area contributed by atoms with E-state index >= 15 is 0 Å². The zero-order valence-corrected chi connectivity index (χ0v) is 8.77. The Hall–Kier alpha value is -1.91. The van der Waals surface area contributed by atoms with Crippen molar-refractivity contribution in [3.05, 3.63) is 39.8 Å². The molecule has 0 N–H and O–H groups in total. The van der Waals surface area contributed by atoms with E-state index in [2.05, 4.69) is 22.9 Å². The molecule has 0 saturated carbocycles. The number of nitrogens with zero attached hydrogens (tertiary/aromatic N) is 3. The van der Waals surface area contributed by atoms with Gasteiger partial charge in [0.2, 0.25) is 0 Å². The fourth-order valence-electron chi connectivity index (χ4n) is 1.39. The summed E-state index contributed by atoms with van der Waals surface area (Å²) in [5, 5.41) is 3.65. The normalized spacial score (nSPS) is 9.07. The summed E-state index contributed by atoms with van der Waals surface area (Å²) in [7, 11) is 0. The van der Waals surface area contributed by atoms with Gasteiger partial charge in [-0.15, -0.1) is 6.42 Å². The van der Waals surface area contributed by atoms with Crippen LogP contribution in [-0.2, 0) is 6.42 Å². The SMILES string of the molecule is C#Cc1ccc(N=[N+]=[N-])c(CCCC)c1. The number of terminal acetylenes is 1. The van der Waals surface area contributed by atoms with Crippen LogP contribution < -0.4 is 0 Å². The zero-order chi connectivity index (χ0) is 11.1. The van der Waals surface area contributed by atoms with Crippen LogP contribution in [0.15, 0.2) is 23.3 Å². The third-order valence-corrected chi connectivity index (χ3v) is 2.20. The van der Waals surface area contributed by atoms with Crippen molar-refractivity contribution in [2.24, 2.45) is 5.11 Å². The first-order valence-electron chi connectivity index (χ1n) is 4.96. The Balaban J connectivity index is 3.05. The van der Waals surface area contributed by atoms with Crippen LogP contribution in [-0.4, -0.2) is 0 Å². The summed E-state index contributed by atoms with van der Waals surface area (Å²) in [6.07, 6.45) is 8.40. The first-order chi connectivity index (χ1) is 7.31. The topological polar surface area (TPSA) is 48.8 Å². The van der Waals surface area contributed by atoms with Crippen LogP contribution in [0, 0.1) is 12.3 Å². The molecule has 0 radical (unpaired) electrons. The largest absolute Gasteiger partial charge is 0.115 e. The fourth-order valence-corrected chi connectivity index (χ4v) is 1.39. The first-order valence-corrected chi connectivity index (χ1v) is 4.96. The smallest absolute Gasteiger partial charge is 0.0408 e. The summed E-state index contributed by atoms with van der Waals surface area (Å²) in [6, 6.07) is 5.49. The number of hydrogen-bond acceptors (Lipinski definition) is 1. The summed E-state index contributed by atoms with van der Waals surface area (Å²) in [5.41, 5.74) is 11.0. The maximum atomic E-state index is 8.41. The van der Waals surface area contributed by atoms with Gasteiger partial charge in [-0.3, -0.25) is 0 Å². The Kier molecular flexibility index (Phi) is 4.28. The molecule has 1 rings (SSSR count). The Bertz CT molecular complexity index is 423. The third kappa shape index (κ3) is 3.05. The molecule has 1 aromatic carbocycles. The minimum absolute atomic E-state index is 0.685. The number of azide groups is 1. The van der Waals surface area contributed by atoms with Crippen molar-refractivity contribution in [1.82, 2.24) is 0 Å². The lowest BCUT2D eigenvalue weighted by atomic mass is 10.0. The molecule has 0 aliphatic carbocycles. The van der Waals surface area contributed by atoms with E-state index in [9.17, 15) is 0 Å². The van der Waals surface area contributed by atoms with E-state index in [4.69, 9.17) is 12.0 Å². The second-order valence-corrected chi connectivity index (χ2v) is 3.28. The van der Waals surface area contributed by atoms with E-state index in [1.54, 1.807) is 12.1 Å². The van der Waals surface area contributed by atoms with Crippen LogP contribution in [0.2, 0.25) is 0 Å². The summed E-state index contributed by atoms with van der Waals surface area (Å²) in [5.74, 6) is 2.58. The standard InChI is InChI=1S/C12H13N3/c1-3-5-6-11-9-10(4-2)7-8-12(11)14-15-13/h2,7-9H,3,5-6H2,1H3. The van der Waals surface area contributed by atoms with Crippen molar-refractivity contribution in [2.75, 3.05) is 0 Å². The molecule has 0 heterocycles. The van der Waals surface area contributed by atoms with Crippen molar-refractivity contribution in [3.8, 4) is 12.3 Å². The predicted octanol–water partition coefficient (Wildman–Crippen LogP) is 3.95. The van der Waals surface area contributed by atoms with Crippen LogP contribution in [0.25, 0.3) is 10.4 Å². The third-order valence-electron chi connectivity index (χ3n) is 2.20. The molecule has 15 heavy (non-hydrogen) atoms. The van der Waals surface area contributed by atoms with Gasteiger partial charge in [-0.2, -0.15) is 0 Å². The number of rotatable bonds is 4. The molecular formula is C12H13N3. The molecular weight excluding hydrogens is 186 g/mol. The van der Waals surface area contributed by atoms with E-state index in [0.717, 1.165) is 30.4 Å². The van der Waals surface area contributed by atoms with Crippen molar-refractivity contribution in [1.29, 1.82) is 0 Å². The van der Waals surface area contributed by atoms with Crippen LogP contribution >= 0.6 is 0 Å². The maximum absolute atomic E-state index is 8.41. The van der Waals surface area contributed by atoms with Crippen LogP contribution in [0.1, 0.15) is 30.9 Å². The molecule has 0 amide bonds. The minimum Gasteiger partial charge on any atom is -0.115 e. The Morgan fingerprint density at radius 3 is 2.93 bits per heavy atom. The second kappa shape index (κ2) is 5.74. The number of benzene rings is 1. The van der Waals surface area contributed by atoms with E-state index in [1.165, 1.54) is 0 Å². The van der Waals surface area contributed by atoms with Crippen molar-refractivity contribution in [2.45, 2.75) is 26.2 Å². The molecule has 0 atom stereocenters. The molecule has 3 heteroatoms. The van der Waals surface area contributed by atoms with Gasteiger partial charge in [0.1, 0.15) is 0 Å². The average molecular weight is 199 g/mol. The summed E-state index contributed by atoms with van der Waals surface area (Å²) in [4.78, 5) is 2.80. The monoisotopic (exact) mass is 199 g/mol. The van der Waals surface area contributed by atoms with E-state index < -0.39 is 0 Å². The molecule has 3 nitrogen and oxygen atoms in total. The highest BCUT2D eigenvalue weighted by Gasteiger charge is 2.01. The fraction of sp³-hybridized carbons (Fsp3) is 0.333.